The molecular formula is C22H26N4O4S2. The molecule has 0 radical (unpaired) electrons. The van der Waals surface area contributed by atoms with Crippen LogP contribution in [0.15, 0.2) is 34.0 Å². The van der Waals surface area contributed by atoms with E-state index in [1.807, 2.05) is 19.1 Å². The third kappa shape index (κ3) is 5.07. The molecular weight excluding hydrogens is 448 g/mol. The minimum atomic E-state index is -0.365. The van der Waals surface area contributed by atoms with Gasteiger partial charge in [-0.3, -0.25) is 9.36 Å². The zero-order chi connectivity index (χ0) is 22.5. The third-order valence-corrected chi connectivity index (χ3v) is 7.40. The van der Waals surface area contributed by atoms with E-state index in [1.165, 1.54) is 42.4 Å². The van der Waals surface area contributed by atoms with E-state index >= 15 is 0 Å². The monoisotopic (exact) mass is 474 g/mol. The molecule has 1 fully saturated rings. The largest absolute Gasteiger partial charge is 0.462 e. The van der Waals surface area contributed by atoms with E-state index in [0.717, 1.165) is 18.4 Å². The predicted molar refractivity (Wildman–Crippen MR) is 124 cm³/mol. The maximum Gasteiger partial charge on any atom is 0.348 e. The second kappa shape index (κ2) is 10.4. The molecule has 1 N–H and O–H groups in total. The molecule has 0 spiro atoms. The van der Waals surface area contributed by atoms with Crippen LogP contribution in [-0.4, -0.2) is 39.0 Å². The lowest BCUT2D eigenvalue weighted by Gasteiger charge is -2.25. The summed E-state index contributed by atoms with van der Waals surface area (Å²) >= 11 is 2.58. The summed E-state index contributed by atoms with van der Waals surface area (Å²) in [7, 11) is 0. The van der Waals surface area contributed by atoms with Gasteiger partial charge < -0.3 is 14.5 Å². The number of rotatable bonds is 8. The number of hydrogen-bond acceptors (Lipinski definition) is 8. The number of thiophene rings is 1. The van der Waals surface area contributed by atoms with Gasteiger partial charge in [0.1, 0.15) is 4.88 Å². The second-order valence-corrected chi connectivity index (χ2v) is 9.62. The minimum absolute atomic E-state index is 0.163. The average Bonchev–Trinajstić information content (AvgIpc) is 3.52. The summed E-state index contributed by atoms with van der Waals surface area (Å²) < 4.78 is 12.8. The van der Waals surface area contributed by atoms with Crippen LogP contribution in [-0.2, 0) is 9.53 Å². The predicted octanol–water partition coefficient (Wildman–Crippen LogP) is 5.32. The van der Waals surface area contributed by atoms with Crippen LogP contribution in [0, 0.1) is 6.92 Å². The van der Waals surface area contributed by atoms with Crippen molar-refractivity contribution in [3.05, 3.63) is 34.9 Å². The molecule has 0 saturated heterocycles. The molecule has 32 heavy (non-hydrogen) atoms. The van der Waals surface area contributed by atoms with Crippen LogP contribution in [0.5, 0.6) is 0 Å². The summed E-state index contributed by atoms with van der Waals surface area (Å²) in [5.41, 5.74) is 0.788. The van der Waals surface area contributed by atoms with Crippen LogP contribution in [0.25, 0.3) is 11.6 Å². The summed E-state index contributed by atoms with van der Waals surface area (Å²) in [4.78, 5) is 25.1. The van der Waals surface area contributed by atoms with Crippen molar-refractivity contribution in [3.8, 4) is 11.6 Å². The van der Waals surface area contributed by atoms with Gasteiger partial charge in [0.05, 0.1) is 23.6 Å². The minimum Gasteiger partial charge on any atom is -0.462 e. The molecule has 0 bridgehead atoms. The van der Waals surface area contributed by atoms with Crippen molar-refractivity contribution >= 4 is 40.0 Å². The first-order valence-electron chi connectivity index (χ1n) is 10.8. The van der Waals surface area contributed by atoms with Crippen molar-refractivity contribution < 1.29 is 18.7 Å². The fourth-order valence-electron chi connectivity index (χ4n) is 3.86. The topological polar surface area (TPSA) is 99.2 Å². The van der Waals surface area contributed by atoms with E-state index < -0.39 is 0 Å². The highest BCUT2D eigenvalue weighted by Gasteiger charge is 2.25. The van der Waals surface area contributed by atoms with E-state index in [2.05, 4.69) is 20.1 Å². The molecule has 10 heteroatoms. The number of hydrogen-bond donors (Lipinski definition) is 1. The van der Waals surface area contributed by atoms with E-state index in [9.17, 15) is 9.59 Å². The van der Waals surface area contributed by atoms with Gasteiger partial charge in [0.2, 0.25) is 11.7 Å². The molecule has 1 saturated carbocycles. The maximum absolute atomic E-state index is 12.6. The SMILES string of the molecule is CCOC(=O)c1sc(NC(=O)CSc2nnc(-c3ccco3)n2C2CCCCC2)cc1C. The molecule has 4 rings (SSSR count). The normalized spacial score (nSPS) is 14.4. The molecule has 1 aliphatic rings. The standard InChI is InChI=1S/C22H26N4O4S2/c1-3-29-21(28)19-14(2)12-18(32-19)23-17(27)13-31-22-25-24-20(16-10-7-11-30-16)26(22)15-8-5-4-6-9-15/h7,10-12,15H,3-6,8-9,13H2,1-2H3,(H,23,27). The number of carbonyl (C=O) groups is 2. The highest BCUT2D eigenvalue weighted by Crippen LogP contribution is 2.36. The molecule has 0 aromatic carbocycles. The van der Waals surface area contributed by atoms with Gasteiger partial charge in [-0.05, 0) is 50.5 Å². The Morgan fingerprint density at radius 1 is 1.31 bits per heavy atom. The van der Waals surface area contributed by atoms with E-state index in [4.69, 9.17) is 9.15 Å². The van der Waals surface area contributed by atoms with E-state index in [-0.39, 0.29) is 17.6 Å². The molecule has 3 aromatic rings. The molecule has 0 atom stereocenters. The number of furan rings is 1. The quantitative estimate of drug-likeness (QED) is 0.348. The first-order chi connectivity index (χ1) is 15.6. The number of nitrogens with one attached hydrogen (secondary N) is 1. The number of carbonyl (C=O) groups excluding carboxylic acids is 2. The maximum atomic E-state index is 12.6. The van der Waals surface area contributed by atoms with Crippen LogP contribution in [0.3, 0.4) is 0 Å². The van der Waals surface area contributed by atoms with Crippen LogP contribution >= 0.6 is 23.1 Å². The molecule has 0 aliphatic heterocycles. The van der Waals surface area contributed by atoms with Gasteiger partial charge in [-0.15, -0.1) is 21.5 Å². The summed E-state index contributed by atoms with van der Waals surface area (Å²) in [5, 5.41) is 13.0. The van der Waals surface area contributed by atoms with Crippen LogP contribution in [0.4, 0.5) is 5.00 Å². The summed E-state index contributed by atoms with van der Waals surface area (Å²) in [5.74, 6) is 1.05. The number of thioether (sulfide) groups is 1. The van der Waals surface area contributed by atoms with Crippen molar-refractivity contribution in [1.82, 2.24) is 14.8 Å². The van der Waals surface area contributed by atoms with Gasteiger partial charge in [-0.2, -0.15) is 0 Å². The molecule has 170 valence electrons. The Labute approximate surface area is 194 Å². The van der Waals surface area contributed by atoms with Gasteiger partial charge >= 0.3 is 5.97 Å². The lowest BCUT2D eigenvalue weighted by Crippen LogP contribution is -2.17. The number of amides is 1. The Hall–Kier alpha value is -2.59. The van der Waals surface area contributed by atoms with Crippen LogP contribution in [0.2, 0.25) is 0 Å². The number of aryl methyl sites for hydroxylation is 1. The van der Waals surface area contributed by atoms with E-state index in [1.54, 1.807) is 19.3 Å². The first-order valence-corrected chi connectivity index (χ1v) is 12.6. The summed E-state index contributed by atoms with van der Waals surface area (Å²) in [6, 6.07) is 5.81. The lowest BCUT2D eigenvalue weighted by molar-refractivity contribution is -0.113. The molecule has 3 aromatic heterocycles. The summed E-state index contributed by atoms with van der Waals surface area (Å²) in [6.45, 7) is 3.91. The number of ether oxygens (including phenoxy) is 1. The average molecular weight is 475 g/mol. The Balaban J connectivity index is 1.45. The molecule has 1 amide bonds. The molecule has 8 nitrogen and oxygen atoms in total. The number of aromatic nitrogens is 3. The number of esters is 1. The van der Waals surface area contributed by atoms with Crippen molar-refractivity contribution in [1.29, 1.82) is 0 Å². The highest BCUT2D eigenvalue weighted by molar-refractivity contribution is 7.99. The van der Waals surface area contributed by atoms with Gasteiger partial charge in [0, 0.05) is 6.04 Å². The molecule has 0 unspecified atom stereocenters. The van der Waals surface area contributed by atoms with Gasteiger partial charge in [-0.25, -0.2) is 4.79 Å². The van der Waals surface area contributed by atoms with Crippen molar-refractivity contribution in [3.63, 3.8) is 0 Å². The fourth-order valence-corrected chi connectivity index (χ4v) is 5.65. The van der Waals surface area contributed by atoms with Crippen molar-refractivity contribution in [2.75, 3.05) is 17.7 Å². The van der Waals surface area contributed by atoms with Crippen LogP contribution < -0.4 is 5.32 Å². The Kier molecular flexibility index (Phi) is 7.31. The van der Waals surface area contributed by atoms with Gasteiger partial charge in [0.15, 0.2) is 10.9 Å². The third-order valence-electron chi connectivity index (χ3n) is 5.32. The fraction of sp³-hybridized carbons (Fsp3) is 0.455. The number of nitrogens with zero attached hydrogens (tertiary/aromatic N) is 3. The zero-order valence-corrected chi connectivity index (χ0v) is 19.8. The Bertz CT molecular complexity index is 1070. The highest BCUT2D eigenvalue weighted by atomic mass is 32.2. The summed E-state index contributed by atoms with van der Waals surface area (Å²) in [6.07, 6.45) is 7.35. The molecule has 1 aliphatic carbocycles. The number of anilines is 1. The lowest BCUT2D eigenvalue weighted by atomic mass is 9.95. The van der Waals surface area contributed by atoms with Crippen molar-refractivity contribution in [2.24, 2.45) is 0 Å². The second-order valence-electron chi connectivity index (χ2n) is 7.63. The van der Waals surface area contributed by atoms with Crippen molar-refractivity contribution in [2.45, 2.75) is 57.1 Å². The van der Waals surface area contributed by atoms with E-state index in [0.29, 0.717) is 39.3 Å². The molecule has 3 heterocycles. The Morgan fingerprint density at radius 2 is 2.12 bits per heavy atom. The zero-order valence-electron chi connectivity index (χ0n) is 18.1. The smallest absolute Gasteiger partial charge is 0.348 e. The van der Waals surface area contributed by atoms with Gasteiger partial charge in [-0.1, -0.05) is 31.0 Å². The van der Waals surface area contributed by atoms with Gasteiger partial charge in [0.25, 0.3) is 0 Å². The Morgan fingerprint density at radius 3 is 2.84 bits per heavy atom. The first kappa shape index (κ1) is 22.6. The van der Waals surface area contributed by atoms with Crippen LogP contribution in [0.1, 0.15) is 60.3 Å².